The monoisotopic (exact) mass is 606 g/mol. The predicted molar refractivity (Wildman–Crippen MR) is 175 cm³/mol. The Morgan fingerprint density at radius 2 is 0.621 bits per heavy atom. The van der Waals surface area contributed by atoms with Crippen molar-refractivity contribution < 1.29 is 0 Å². The van der Waals surface area contributed by atoms with Gasteiger partial charge in [-0.2, -0.15) is 133 Å². The minimum Gasteiger partial charge on any atom is -0.179 e. The van der Waals surface area contributed by atoms with Crippen molar-refractivity contribution in [3.05, 3.63) is 0 Å². The maximum absolute atomic E-state index is 4.73. The minimum absolute atomic E-state index is 0.534. The molecular weight excluding hydrogens is 569 g/mol. The van der Waals surface area contributed by atoms with Crippen LogP contribution in [0.2, 0.25) is 0 Å². The topological polar surface area (TPSA) is 0 Å². The zero-order valence-electron chi connectivity index (χ0n) is 17.1. The summed E-state index contributed by atoms with van der Waals surface area (Å²) in [5, 5.41) is 1.07. The van der Waals surface area contributed by atoms with E-state index < -0.39 is 0 Å². The van der Waals surface area contributed by atoms with Gasteiger partial charge in [-0.3, -0.25) is 0 Å². The molecule has 2 unspecified atom stereocenters. The van der Waals surface area contributed by atoms with Gasteiger partial charge in [0, 0.05) is 91.0 Å². The quantitative estimate of drug-likeness (QED) is 0.0715. The third-order valence-electron chi connectivity index (χ3n) is 3.20. The molecule has 2 atom stereocenters. The molecule has 0 saturated heterocycles. The largest absolute Gasteiger partial charge is 0.179 e. The van der Waals surface area contributed by atoms with Gasteiger partial charge in [-0.15, -0.1) is 0 Å². The Kier molecular flexibility index (Phi) is 31.8. The Hall–Kier alpha value is 3.85. The van der Waals surface area contributed by atoms with Crippen molar-refractivity contribution in [1.29, 1.82) is 0 Å². The number of thioether (sulfide) groups is 7. The van der Waals surface area contributed by atoms with Crippen molar-refractivity contribution in [2.24, 2.45) is 0 Å². The van der Waals surface area contributed by atoms with E-state index in [2.05, 4.69) is 60.5 Å². The summed E-state index contributed by atoms with van der Waals surface area (Å²) >= 11 is 32.2. The molecule has 0 rings (SSSR count). The number of thiol groups is 4. The fourth-order valence-corrected chi connectivity index (χ4v) is 11.1. The van der Waals surface area contributed by atoms with Gasteiger partial charge >= 0.3 is 0 Å². The number of rotatable bonds is 24. The molecular formula is C18H38S11. The van der Waals surface area contributed by atoms with Gasteiger partial charge < -0.3 is 0 Å². The molecule has 0 aliphatic carbocycles. The molecule has 0 aromatic heterocycles. The standard InChI is InChI=1S/C18H38S11/c19-1-3-23-5-9-26-13-17(21)15-28-11-7-25-8-12-29-16-18(22)14-27-10-6-24-4-2-20/h17-22H,1-16H2. The van der Waals surface area contributed by atoms with Gasteiger partial charge in [0.1, 0.15) is 0 Å². The van der Waals surface area contributed by atoms with Crippen LogP contribution in [0, 0.1) is 0 Å². The van der Waals surface area contributed by atoms with Crippen LogP contribution in [-0.4, -0.2) is 103 Å². The first-order valence-electron chi connectivity index (χ1n) is 9.82. The van der Waals surface area contributed by atoms with Crippen LogP contribution in [0.4, 0.5) is 0 Å². The van der Waals surface area contributed by atoms with E-state index in [1.807, 2.05) is 47.0 Å². The Morgan fingerprint density at radius 1 is 0.379 bits per heavy atom. The van der Waals surface area contributed by atoms with E-state index in [1.54, 1.807) is 0 Å². The summed E-state index contributed by atoms with van der Waals surface area (Å²) in [6.45, 7) is 0. The molecule has 176 valence electrons. The van der Waals surface area contributed by atoms with Crippen molar-refractivity contribution >= 4 is 133 Å². The van der Waals surface area contributed by atoms with Crippen LogP contribution < -0.4 is 0 Å². The van der Waals surface area contributed by atoms with Gasteiger partial charge in [-0.1, -0.05) is 0 Å². The van der Waals surface area contributed by atoms with Crippen molar-refractivity contribution in [3.63, 3.8) is 0 Å². The first kappa shape index (κ1) is 32.8. The highest BCUT2D eigenvalue weighted by atomic mass is 32.2. The normalized spacial score (nSPS) is 13.7. The van der Waals surface area contributed by atoms with E-state index in [4.69, 9.17) is 25.3 Å². The van der Waals surface area contributed by atoms with E-state index in [0.29, 0.717) is 10.5 Å². The molecule has 0 radical (unpaired) electrons. The lowest BCUT2D eigenvalue weighted by Gasteiger charge is -2.11. The molecule has 0 aromatic carbocycles. The Bertz CT molecular complexity index is 282. The molecule has 0 fully saturated rings. The minimum atomic E-state index is 0.534. The molecule has 0 bridgehead atoms. The van der Waals surface area contributed by atoms with Gasteiger partial charge in [0.2, 0.25) is 0 Å². The summed E-state index contributed by atoms with van der Waals surface area (Å²) < 4.78 is 0. The molecule has 0 aliphatic heterocycles. The molecule has 0 aromatic rings. The molecule has 0 heterocycles. The SMILES string of the molecule is SCCSCCSCC(S)CSCCSCCSCC(S)CSCCSCCS. The van der Waals surface area contributed by atoms with Crippen LogP contribution in [0.3, 0.4) is 0 Å². The van der Waals surface area contributed by atoms with Gasteiger partial charge in [0.05, 0.1) is 0 Å². The second-order valence-corrected chi connectivity index (χ2v) is 16.5. The third kappa shape index (κ3) is 28.0. The second-order valence-electron chi connectivity index (χ2n) is 5.89. The molecule has 0 aliphatic rings. The molecule has 29 heavy (non-hydrogen) atoms. The lowest BCUT2D eigenvalue weighted by atomic mass is 10.5. The highest BCUT2D eigenvalue weighted by Gasteiger charge is 2.05. The van der Waals surface area contributed by atoms with Crippen LogP contribution in [0.5, 0.6) is 0 Å². The van der Waals surface area contributed by atoms with Gasteiger partial charge in [0.15, 0.2) is 0 Å². The lowest BCUT2D eigenvalue weighted by molar-refractivity contribution is 1.16. The van der Waals surface area contributed by atoms with Crippen LogP contribution in [-0.2, 0) is 0 Å². The smallest absolute Gasteiger partial charge is 0.0198 e. The van der Waals surface area contributed by atoms with E-state index in [-0.39, 0.29) is 0 Å². The highest BCUT2D eigenvalue weighted by Crippen LogP contribution is 2.18. The van der Waals surface area contributed by atoms with Crippen LogP contribution in [0.1, 0.15) is 0 Å². The summed E-state index contributed by atoms with van der Waals surface area (Å²) in [6, 6.07) is 0. The summed E-state index contributed by atoms with van der Waals surface area (Å²) in [6.07, 6.45) is 0. The van der Waals surface area contributed by atoms with Gasteiger partial charge in [-0.25, -0.2) is 0 Å². The van der Waals surface area contributed by atoms with Crippen LogP contribution >= 0.6 is 133 Å². The summed E-state index contributed by atoms with van der Waals surface area (Å²) in [5.74, 6) is 19.1. The Morgan fingerprint density at radius 3 is 0.897 bits per heavy atom. The van der Waals surface area contributed by atoms with Gasteiger partial charge in [-0.05, 0) is 11.5 Å². The van der Waals surface area contributed by atoms with Crippen LogP contribution in [0.25, 0.3) is 0 Å². The number of hydrogen-bond donors (Lipinski definition) is 4. The maximum Gasteiger partial charge on any atom is 0.0198 e. The van der Waals surface area contributed by atoms with Crippen molar-refractivity contribution in [2.75, 3.05) is 92.0 Å². The molecule has 11 heteroatoms. The average Bonchev–Trinajstić information content (AvgIpc) is 2.71. The average molecular weight is 607 g/mol. The summed E-state index contributed by atoms with van der Waals surface area (Å²) in [4.78, 5) is 0. The third-order valence-corrected chi connectivity index (χ3v) is 14.5. The fourth-order valence-electron chi connectivity index (χ4n) is 1.88. The van der Waals surface area contributed by atoms with E-state index in [0.717, 1.165) is 11.5 Å². The summed E-state index contributed by atoms with van der Waals surface area (Å²) in [5.41, 5.74) is 0. The van der Waals surface area contributed by atoms with Crippen molar-refractivity contribution in [1.82, 2.24) is 0 Å². The zero-order valence-corrected chi connectivity index (χ0v) is 26.4. The zero-order chi connectivity index (χ0) is 21.4. The maximum atomic E-state index is 4.73. The Balaban J connectivity index is 3.22. The molecule has 0 N–H and O–H groups in total. The van der Waals surface area contributed by atoms with E-state index >= 15 is 0 Å². The Labute approximate surface area is 232 Å². The fraction of sp³-hybridized carbons (Fsp3) is 1.00. The first-order valence-corrected chi connectivity index (χ1v) is 20.2. The van der Waals surface area contributed by atoms with Gasteiger partial charge in [0.25, 0.3) is 0 Å². The molecule has 0 saturated carbocycles. The lowest BCUT2D eigenvalue weighted by Crippen LogP contribution is -2.08. The number of hydrogen-bond acceptors (Lipinski definition) is 11. The van der Waals surface area contributed by atoms with Crippen molar-refractivity contribution in [2.45, 2.75) is 10.5 Å². The van der Waals surface area contributed by atoms with E-state index in [9.17, 15) is 0 Å². The van der Waals surface area contributed by atoms with Crippen LogP contribution in [0.15, 0.2) is 0 Å². The van der Waals surface area contributed by atoms with Crippen molar-refractivity contribution in [3.8, 4) is 0 Å². The molecule has 0 nitrogen and oxygen atoms in total. The van der Waals surface area contributed by atoms with E-state index in [1.165, 1.54) is 80.5 Å². The summed E-state index contributed by atoms with van der Waals surface area (Å²) in [7, 11) is 0. The molecule has 0 spiro atoms. The molecule has 0 amide bonds. The second kappa shape index (κ2) is 28.1. The predicted octanol–water partition coefficient (Wildman–Crippen LogP) is 6.58. The first-order chi connectivity index (χ1) is 14.2. The highest BCUT2D eigenvalue weighted by molar-refractivity contribution is 8.06.